The molecule has 9 nitrogen and oxygen atoms in total. The normalized spacial score (nSPS) is 11.5. The SMILES string of the molecule is Cn1ncnc1NS(=O)(=O)c1cc(C(=O)O)oc1Br. The van der Waals surface area contributed by atoms with Crippen molar-refractivity contribution in [1.29, 1.82) is 0 Å². The molecule has 0 saturated heterocycles. The van der Waals surface area contributed by atoms with Gasteiger partial charge in [-0.2, -0.15) is 10.1 Å². The van der Waals surface area contributed by atoms with Gasteiger partial charge in [0.2, 0.25) is 11.7 Å². The number of furan rings is 1. The quantitative estimate of drug-likeness (QED) is 0.829. The molecule has 0 aliphatic rings. The predicted molar refractivity (Wildman–Crippen MR) is 65.2 cm³/mol. The number of aryl methyl sites for hydroxylation is 1. The van der Waals surface area contributed by atoms with Gasteiger partial charge in [-0.25, -0.2) is 22.6 Å². The third-order valence-electron chi connectivity index (χ3n) is 2.09. The van der Waals surface area contributed by atoms with E-state index in [0.717, 1.165) is 6.07 Å². The van der Waals surface area contributed by atoms with E-state index < -0.39 is 21.8 Å². The number of carbonyl (C=O) groups is 1. The number of carboxylic acids is 1. The van der Waals surface area contributed by atoms with Crippen LogP contribution in [0, 0.1) is 0 Å². The summed E-state index contributed by atoms with van der Waals surface area (Å²) >= 11 is 2.85. The van der Waals surface area contributed by atoms with Gasteiger partial charge < -0.3 is 9.52 Å². The van der Waals surface area contributed by atoms with Crippen molar-refractivity contribution in [3.8, 4) is 0 Å². The second-order valence-electron chi connectivity index (χ2n) is 3.37. The minimum atomic E-state index is -4.03. The Morgan fingerprint density at radius 1 is 1.58 bits per heavy atom. The highest BCUT2D eigenvalue weighted by Crippen LogP contribution is 2.27. The second kappa shape index (κ2) is 4.66. The Kier molecular flexibility index (Phi) is 3.32. The van der Waals surface area contributed by atoms with E-state index in [9.17, 15) is 13.2 Å². The summed E-state index contributed by atoms with van der Waals surface area (Å²) in [5, 5.41) is 12.4. The van der Waals surface area contributed by atoms with Crippen LogP contribution in [0.5, 0.6) is 0 Å². The summed E-state index contributed by atoms with van der Waals surface area (Å²) in [7, 11) is -2.53. The summed E-state index contributed by atoms with van der Waals surface area (Å²) in [5.41, 5.74) is 0. The fraction of sp³-hybridized carbons (Fsp3) is 0.125. The van der Waals surface area contributed by atoms with Crippen molar-refractivity contribution in [1.82, 2.24) is 14.8 Å². The number of rotatable bonds is 4. The summed E-state index contributed by atoms with van der Waals surface area (Å²) in [5.74, 6) is -1.88. The van der Waals surface area contributed by atoms with Crippen molar-refractivity contribution in [3.05, 3.63) is 22.8 Å². The Balaban J connectivity index is 2.40. The molecule has 0 unspecified atom stereocenters. The summed E-state index contributed by atoms with van der Waals surface area (Å²) in [6.07, 6.45) is 1.17. The zero-order chi connectivity index (χ0) is 14.2. The van der Waals surface area contributed by atoms with Gasteiger partial charge in [0.15, 0.2) is 4.67 Å². The number of carboxylic acid groups (broad SMARTS) is 1. The molecular weight excluding hydrogens is 344 g/mol. The lowest BCUT2D eigenvalue weighted by Gasteiger charge is -2.04. The van der Waals surface area contributed by atoms with Crippen molar-refractivity contribution in [2.45, 2.75) is 4.90 Å². The van der Waals surface area contributed by atoms with Gasteiger partial charge in [-0.3, -0.25) is 0 Å². The van der Waals surface area contributed by atoms with Crippen molar-refractivity contribution < 1.29 is 22.7 Å². The highest BCUT2D eigenvalue weighted by atomic mass is 79.9. The highest BCUT2D eigenvalue weighted by molar-refractivity contribution is 9.10. The number of nitrogens with one attached hydrogen (secondary N) is 1. The molecule has 0 atom stereocenters. The van der Waals surface area contributed by atoms with E-state index >= 15 is 0 Å². The molecule has 0 amide bonds. The Labute approximate surface area is 115 Å². The first-order chi connectivity index (χ1) is 8.81. The van der Waals surface area contributed by atoms with Gasteiger partial charge in [0.25, 0.3) is 10.0 Å². The number of aromatic carboxylic acids is 1. The Morgan fingerprint density at radius 3 is 2.74 bits per heavy atom. The van der Waals surface area contributed by atoms with Gasteiger partial charge >= 0.3 is 5.97 Å². The number of anilines is 1. The molecule has 2 aromatic heterocycles. The highest BCUT2D eigenvalue weighted by Gasteiger charge is 2.26. The first-order valence-corrected chi connectivity index (χ1v) is 6.98. The Bertz CT molecular complexity index is 734. The van der Waals surface area contributed by atoms with Crippen LogP contribution in [0.2, 0.25) is 0 Å². The zero-order valence-corrected chi connectivity index (χ0v) is 11.8. The maximum atomic E-state index is 12.0. The van der Waals surface area contributed by atoms with Crippen molar-refractivity contribution in [3.63, 3.8) is 0 Å². The van der Waals surface area contributed by atoms with Crippen LogP contribution in [0.25, 0.3) is 0 Å². The molecule has 0 saturated carbocycles. The van der Waals surface area contributed by atoms with Crippen LogP contribution in [0.3, 0.4) is 0 Å². The Morgan fingerprint density at radius 2 is 2.26 bits per heavy atom. The zero-order valence-electron chi connectivity index (χ0n) is 9.36. The summed E-state index contributed by atoms with van der Waals surface area (Å²) in [4.78, 5) is 14.1. The molecule has 2 aromatic rings. The molecule has 2 heterocycles. The van der Waals surface area contributed by atoms with Gasteiger partial charge in [-0.15, -0.1) is 0 Å². The van der Waals surface area contributed by atoms with Crippen molar-refractivity contribution in [2.24, 2.45) is 7.05 Å². The van der Waals surface area contributed by atoms with Gasteiger partial charge in [-0.05, 0) is 15.9 Å². The van der Waals surface area contributed by atoms with Crippen LogP contribution in [0.4, 0.5) is 5.95 Å². The number of hydrogen-bond acceptors (Lipinski definition) is 6. The van der Waals surface area contributed by atoms with E-state index in [1.54, 1.807) is 0 Å². The molecule has 0 aliphatic carbocycles. The van der Waals surface area contributed by atoms with Crippen LogP contribution < -0.4 is 4.72 Å². The molecule has 2 rings (SSSR count). The van der Waals surface area contributed by atoms with E-state index in [1.165, 1.54) is 18.1 Å². The third kappa shape index (κ3) is 2.61. The molecule has 0 radical (unpaired) electrons. The van der Waals surface area contributed by atoms with Crippen molar-refractivity contribution >= 4 is 37.9 Å². The molecule has 0 fully saturated rings. The molecule has 0 aromatic carbocycles. The number of sulfonamides is 1. The Hall–Kier alpha value is -1.88. The van der Waals surface area contributed by atoms with E-state index in [4.69, 9.17) is 9.52 Å². The molecule has 0 bridgehead atoms. The largest absolute Gasteiger partial charge is 0.475 e. The van der Waals surface area contributed by atoms with Crippen LogP contribution in [-0.2, 0) is 17.1 Å². The van der Waals surface area contributed by atoms with Crippen LogP contribution >= 0.6 is 15.9 Å². The monoisotopic (exact) mass is 350 g/mol. The molecule has 0 aliphatic heterocycles. The molecule has 19 heavy (non-hydrogen) atoms. The number of nitrogens with zero attached hydrogens (tertiary/aromatic N) is 3. The molecule has 11 heteroatoms. The maximum absolute atomic E-state index is 12.0. The van der Waals surface area contributed by atoms with Gasteiger partial charge in [0.05, 0.1) is 0 Å². The van der Waals surface area contributed by atoms with E-state index in [1.807, 2.05) is 0 Å². The minimum absolute atomic E-state index is 0.00928. The summed E-state index contributed by atoms with van der Waals surface area (Å²) < 4.78 is 32.0. The standard InChI is InChI=1S/C8H7BrN4O5S/c1-13-8(10-3-11-13)12-19(16,17)5-2-4(7(14)15)18-6(5)9/h2-3H,1H3,(H,14,15)(H,10,11,12). The maximum Gasteiger partial charge on any atom is 0.371 e. The predicted octanol–water partition coefficient (Wildman–Crippen LogP) is 0.670. The molecule has 2 N–H and O–H groups in total. The fourth-order valence-electron chi connectivity index (χ4n) is 1.20. The molecule has 102 valence electrons. The minimum Gasteiger partial charge on any atom is -0.475 e. The van der Waals surface area contributed by atoms with Crippen LogP contribution in [0.1, 0.15) is 10.6 Å². The number of halogens is 1. The van der Waals surface area contributed by atoms with Crippen LogP contribution in [-0.4, -0.2) is 34.3 Å². The van der Waals surface area contributed by atoms with E-state index in [2.05, 4.69) is 30.7 Å². The fourth-order valence-corrected chi connectivity index (χ4v) is 3.18. The van der Waals surface area contributed by atoms with Gasteiger partial charge in [0.1, 0.15) is 11.2 Å². The van der Waals surface area contributed by atoms with Gasteiger partial charge in [0, 0.05) is 13.1 Å². The number of hydrogen-bond donors (Lipinski definition) is 2. The first-order valence-electron chi connectivity index (χ1n) is 4.70. The van der Waals surface area contributed by atoms with Crippen LogP contribution in [0.15, 0.2) is 26.4 Å². The lowest BCUT2D eigenvalue weighted by molar-refractivity contribution is 0.0661. The number of aromatic nitrogens is 3. The van der Waals surface area contributed by atoms with E-state index in [0.29, 0.717) is 0 Å². The second-order valence-corrected chi connectivity index (χ2v) is 5.74. The smallest absolute Gasteiger partial charge is 0.371 e. The summed E-state index contributed by atoms with van der Waals surface area (Å²) in [6, 6.07) is 0.894. The topological polar surface area (TPSA) is 127 Å². The van der Waals surface area contributed by atoms with Gasteiger partial charge in [-0.1, -0.05) is 0 Å². The first kappa shape index (κ1) is 13.5. The van der Waals surface area contributed by atoms with Crippen molar-refractivity contribution in [2.75, 3.05) is 4.72 Å². The lowest BCUT2D eigenvalue weighted by Crippen LogP contribution is -2.16. The molecule has 0 spiro atoms. The average molecular weight is 351 g/mol. The third-order valence-corrected chi connectivity index (χ3v) is 4.28. The summed E-state index contributed by atoms with van der Waals surface area (Å²) in [6.45, 7) is 0. The molecular formula is C8H7BrN4O5S. The van der Waals surface area contributed by atoms with E-state index in [-0.39, 0.29) is 15.5 Å². The average Bonchev–Trinajstić information content (AvgIpc) is 2.86. The lowest BCUT2D eigenvalue weighted by atomic mass is 10.5.